The fourth-order valence-corrected chi connectivity index (χ4v) is 10.0. The topological polar surface area (TPSA) is 192 Å². The van der Waals surface area contributed by atoms with Gasteiger partial charge in [-0.25, -0.2) is 4.18 Å². The number of hydrogen-bond acceptors (Lipinski definition) is 10. The second-order valence-corrected chi connectivity index (χ2v) is 21.6. The highest BCUT2D eigenvalue weighted by Crippen LogP contribution is 2.26. The fraction of sp³-hybridized carbons (Fsp3) is 0.912. The van der Waals surface area contributed by atoms with Crippen LogP contribution in [0.3, 0.4) is 0 Å². The minimum atomic E-state index is -5.08. The van der Waals surface area contributed by atoms with Gasteiger partial charge in [0.1, 0.15) is 24.4 Å². The average molecular weight is 1020 g/mol. The lowest BCUT2D eigenvalue weighted by Gasteiger charge is -2.41. The molecule has 1 saturated heterocycles. The Bertz CT molecular complexity index is 1330. The van der Waals surface area contributed by atoms with Crippen molar-refractivity contribution in [3.63, 3.8) is 0 Å². The third-order valence-electron chi connectivity index (χ3n) is 14.0. The van der Waals surface area contributed by atoms with Gasteiger partial charge >= 0.3 is 10.4 Å². The summed E-state index contributed by atoms with van der Waals surface area (Å²) >= 11 is 0. The largest absolute Gasteiger partial charge is 0.397 e. The number of carbonyl (C=O) groups excluding carboxylic acids is 1. The summed E-state index contributed by atoms with van der Waals surface area (Å²) in [4.78, 5) is 13.1. The summed E-state index contributed by atoms with van der Waals surface area (Å²) < 4.78 is 47.7. The first-order chi connectivity index (χ1) is 34.0. The molecule has 0 aromatic rings. The van der Waals surface area contributed by atoms with E-state index in [0.717, 1.165) is 57.8 Å². The van der Waals surface area contributed by atoms with Crippen molar-refractivity contribution in [3.05, 3.63) is 24.3 Å². The summed E-state index contributed by atoms with van der Waals surface area (Å²) in [6, 6.07) is -0.855. The second-order valence-electron chi connectivity index (χ2n) is 20.6. The van der Waals surface area contributed by atoms with Crippen molar-refractivity contribution >= 4 is 16.3 Å². The van der Waals surface area contributed by atoms with E-state index in [4.69, 9.17) is 9.47 Å². The first-order valence-electron chi connectivity index (χ1n) is 29.2. The predicted molar refractivity (Wildman–Crippen MR) is 287 cm³/mol. The first-order valence-corrected chi connectivity index (χ1v) is 30.6. The number of carbonyl (C=O) groups is 1. The molecule has 1 fully saturated rings. The molecular formula is C57H109NO11S. The molecule has 0 spiro atoms. The van der Waals surface area contributed by atoms with Crippen molar-refractivity contribution in [2.24, 2.45) is 0 Å². The normalized spacial score (nSPS) is 19.7. The highest BCUT2D eigenvalue weighted by Gasteiger charge is 2.48. The Morgan fingerprint density at radius 1 is 0.571 bits per heavy atom. The maximum Gasteiger partial charge on any atom is 0.397 e. The molecule has 13 heteroatoms. The van der Waals surface area contributed by atoms with E-state index in [1.165, 1.54) is 193 Å². The van der Waals surface area contributed by atoms with Crippen LogP contribution in [0, 0.1) is 0 Å². The van der Waals surface area contributed by atoms with Crippen LogP contribution in [0.5, 0.6) is 0 Å². The zero-order valence-corrected chi connectivity index (χ0v) is 45.7. The molecule has 70 heavy (non-hydrogen) atoms. The Labute approximate surface area is 429 Å². The number of amides is 1. The van der Waals surface area contributed by atoms with Crippen LogP contribution in [0.25, 0.3) is 0 Å². The number of aliphatic hydroxyl groups is 4. The van der Waals surface area contributed by atoms with E-state index in [9.17, 15) is 38.2 Å². The fourth-order valence-electron chi connectivity index (χ4n) is 9.49. The van der Waals surface area contributed by atoms with E-state index in [1.54, 1.807) is 0 Å². The second kappa shape index (κ2) is 47.3. The number of aliphatic hydroxyl groups excluding tert-OH is 4. The summed E-state index contributed by atoms with van der Waals surface area (Å²) in [6.07, 6.45) is 49.4. The van der Waals surface area contributed by atoms with Crippen LogP contribution >= 0.6 is 0 Å². The van der Waals surface area contributed by atoms with Gasteiger partial charge in [0.25, 0.3) is 0 Å². The Morgan fingerprint density at radius 3 is 1.36 bits per heavy atom. The summed E-state index contributed by atoms with van der Waals surface area (Å²) in [5, 5.41) is 44.9. The molecule has 0 aromatic heterocycles. The van der Waals surface area contributed by atoms with Gasteiger partial charge in [-0.1, -0.05) is 250 Å². The SMILES string of the molecule is CCCCCCCCCCC/C=C\C/C=C\CCCCCCCCCCCCCCCCCCCC(=O)NC(COC1OC(CO)C(O)C(OS(=O)(=O)O)C1O)C(O)CCCCCCCCCCCC. The third-order valence-corrected chi connectivity index (χ3v) is 14.5. The van der Waals surface area contributed by atoms with Gasteiger partial charge in [-0.15, -0.1) is 0 Å². The Morgan fingerprint density at radius 2 is 0.957 bits per heavy atom. The summed E-state index contributed by atoms with van der Waals surface area (Å²) in [5.74, 6) is -0.228. The van der Waals surface area contributed by atoms with Crippen LogP contribution in [0.1, 0.15) is 277 Å². The Balaban J connectivity index is 2.18. The lowest BCUT2D eigenvalue weighted by atomic mass is 9.99. The van der Waals surface area contributed by atoms with Gasteiger partial charge in [-0.05, 0) is 44.9 Å². The quantitative estimate of drug-likeness (QED) is 0.0193. The lowest BCUT2D eigenvalue weighted by molar-refractivity contribution is -0.298. The maximum atomic E-state index is 13.1. The minimum Gasteiger partial charge on any atom is -0.394 e. The molecule has 0 aliphatic carbocycles. The standard InChI is InChI=1S/C57H109NO11S/c1-3-5-7-9-11-13-15-16-17-18-19-20-21-22-23-24-25-26-27-28-29-30-31-32-33-34-35-36-37-39-41-43-45-47-53(61)58-50(51(60)46-44-42-40-38-14-12-10-8-6-4-2)49-67-57-55(63)56(69-70(64,65)66)54(62)52(48-59)68-57/h19-20,22-23,50-52,54-57,59-60,62-63H,3-18,21,24-49H2,1-2H3,(H,58,61)(H,64,65,66)/b20-19-,23-22-. The van der Waals surface area contributed by atoms with Gasteiger partial charge in [0, 0.05) is 6.42 Å². The van der Waals surface area contributed by atoms with Gasteiger partial charge in [0.2, 0.25) is 5.91 Å². The summed E-state index contributed by atoms with van der Waals surface area (Å²) in [5.41, 5.74) is 0. The number of allylic oxidation sites excluding steroid dienone is 4. The third kappa shape index (κ3) is 39.1. The molecule has 1 amide bonds. The molecule has 414 valence electrons. The van der Waals surface area contributed by atoms with Gasteiger partial charge in [0.15, 0.2) is 6.29 Å². The van der Waals surface area contributed by atoms with Gasteiger partial charge in [0.05, 0.1) is 25.4 Å². The number of nitrogens with one attached hydrogen (secondary N) is 1. The lowest BCUT2D eigenvalue weighted by Crippen LogP contribution is -2.61. The van der Waals surface area contributed by atoms with E-state index in [2.05, 4.69) is 47.7 Å². The van der Waals surface area contributed by atoms with Crippen molar-refractivity contribution in [1.29, 1.82) is 0 Å². The van der Waals surface area contributed by atoms with E-state index in [1.807, 2.05) is 0 Å². The maximum absolute atomic E-state index is 13.1. The van der Waals surface area contributed by atoms with Crippen LogP contribution in [-0.2, 0) is 28.9 Å². The molecule has 0 bridgehead atoms. The minimum absolute atomic E-state index is 0.228. The van der Waals surface area contributed by atoms with Crippen LogP contribution in [-0.4, -0.2) is 95.4 Å². The smallest absolute Gasteiger partial charge is 0.394 e. The molecule has 7 atom stereocenters. The Kier molecular flexibility index (Phi) is 45.0. The van der Waals surface area contributed by atoms with Crippen LogP contribution in [0.4, 0.5) is 0 Å². The Hall–Kier alpha value is -1.42. The number of unbranched alkanes of at least 4 members (excludes halogenated alkanes) is 35. The zero-order valence-electron chi connectivity index (χ0n) is 44.9. The van der Waals surface area contributed by atoms with Crippen LogP contribution < -0.4 is 5.32 Å². The van der Waals surface area contributed by atoms with Crippen molar-refractivity contribution in [2.45, 2.75) is 320 Å². The molecule has 0 radical (unpaired) electrons. The molecule has 0 aromatic carbocycles. The number of rotatable bonds is 51. The molecule has 0 saturated carbocycles. The van der Waals surface area contributed by atoms with Crippen molar-refractivity contribution < 1.29 is 51.8 Å². The van der Waals surface area contributed by atoms with Gasteiger partial charge in [-0.2, -0.15) is 8.42 Å². The number of ether oxygens (including phenoxy) is 2. The molecule has 1 aliphatic heterocycles. The molecule has 6 N–H and O–H groups in total. The molecule has 1 aliphatic rings. The van der Waals surface area contributed by atoms with E-state index >= 15 is 0 Å². The average Bonchev–Trinajstić information content (AvgIpc) is 3.33. The monoisotopic (exact) mass is 1020 g/mol. The number of hydrogen-bond donors (Lipinski definition) is 6. The molecule has 1 heterocycles. The summed E-state index contributed by atoms with van der Waals surface area (Å²) in [6.45, 7) is 3.45. The predicted octanol–water partition coefficient (Wildman–Crippen LogP) is 13.6. The van der Waals surface area contributed by atoms with Crippen LogP contribution in [0.15, 0.2) is 24.3 Å². The van der Waals surface area contributed by atoms with Gasteiger partial charge in [-0.3, -0.25) is 9.35 Å². The molecule has 7 unspecified atom stereocenters. The van der Waals surface area contributed by atoms with E-state index in [-0.39, 0.29) is 12.5 Å². The first kappa shape index (κ1) is 66.6. The summed E-state index contributed by atoms with van der Waals surface area (Å²) in [7, 11) is -5.08. The zero-order chi connectivity index (χ0) is 51.2. The van der Waals surface area contributed by atoms with E-state index < -0.39 is 59.9 Å². The van der Waals surface area contributed by atoms with Crippen molar-refractivity contribution in [3.8, 4) is 0 Å². The van der Waals surface area contributed by atoms with E-state index in [0.29, 0.717) is 12.8 Å². The molecule has 12 nitrogen and oxygen atoms in total. The highest BCUT2D eigenvalue weighted by atomic mass is 32.3. The van der Waals surface area contributed by atoms with Crippen molar-refractivity contribution in [2.75, 3.05) is 13.2 Å². The highest BCUT2D eigenvalue weighted by molar-refractivity contribution is 7.80. The molecule has 1 rings (SSSR count). The van der Waals surface area contributed by atoms with Gasteiger partial charge < -0.3 is 35.2 Å². The van der Waals surface area contributed by atoms with Crippen molar-refractivity contribution in [1.82, 2.24) is 5.32 Å². The molecular weight excluding hydrogens is 907 g/mol. The van der Waals surface area contributed by atoms with Crippen LogP contribution in [0.2, 0.25) is 0 Å².